The lowest BCUT2D eigenvalue weighted by Crippen LogP contribution is -2.44. The molecule has 2 aromatic carbocycles. The maximum absolute atomic E-state index is 11.5. The maximum atomic E-state index is 11.5. The zero-order valence-corrected chi connectivity index (χ0v) is 18.8. The first-order valence-electron chi connectivity index (χ1n) is 9.89. The van der Waals surface area contributed by atoms with Crippen molar-refractivity contribution in [2.75, 3.05) is 39.3 Å². The van der Waals surface area contributed by atoms with Gasteiger partial charge in [0, 0.05) is 56.6 Å². The van der Waals surface area contributed by atoms with Crippen molar-refractivity contribution in [2.45, 2.75) is 23.9 Å². The first kappa shape index (κ1) is 22.7. The minimum Gasteiger partial charge on any atom is -0.497 e. The Balaban J connectivity index is 1.59. The van der Waals surface area contributed by atoms with Gasteiger partial charge in [0.15, 0.2) is 5.96 Å². The number of hydrogen-bond acceptors (Lipinski definition) is 6. The van der Waals surface area contributed by atoms with E-state index in [9.17, 15) is 8.42 Å². The van der Waals surface area contributed by atoms with Crippen LogP contribution in [-0.4, -0.2) is 54.8 Å². The van der Waals surface area contributed by atoms with Crippen molar-refractivity contribution in [2.24, 2.45) is 10.1 Å². The number of benzene rings is 2. The summed E-state index contributed by atoms with van der Waals surface area (Å²) in [5, 5.41) is 11.9. The van der Waals surface area contributed by atoms with Crippen molar-refractivity contribution in [3.63, 3.8) is 0 Å². The molecule has 1 saturated heterocycles. The van der Waals surface area contributed by atoms with Crippen LogP contribution in [0.15, 0.2) is 52.4 Å². The molecule has 4 N–H and O–H groups in total. The van der Waals surface area contributed by atoms with Crippen LogP contribution in [0, 0.1) is 0 Å². The minimum absolute atomic E-state index is 0.0925. The molecule has 1 atom stereocenters. The van der Waals surface area contributed by atoms with Gasteiger partial charge < -0.3 is 25.0 Å². The lowest BCUT2D eigenvalue weighted by molar-refractivity contribution is 0.394. The van der Waals surface area contributed by atoms with E-state index in [4.69, 9.17) is 14.6 Å². The molecule has 0 radical (unpaired) electrons. The number of nitrogens with one attached hydrogen (secondary N) is 2. The molecule has 1 aliphatic heterocycles. The van der Waals surface area contributed by atoms with E-state index >= 15 is 0 Å². The van der Waals surface area contributed by atoms with Gasteiger partial charge >= 0.3 is 0 Å². The van der Waals surface area contributed by atoms with E-state index in [1.807, 2.05) is 24.3 Å². The lowest BCUT2D eigenvalue weighted by atomic mass is 10.2. The first-order chi connectivity index (χ1) is 14.8. The summed E-state index contributed by atoms with van der Waals surface area (Å²) in [6.45, 7) is 2.12. The van der Waals surface area contributed by atoms with E-state index < -0.39 is 10.0 Å². The molecule has 31 heavy (non-hydrogen) atoms. The molecule has 0 amide bonds. The molecule has 1 heterocycles. The second-order valence-corrected chi connectivity index (χ2v) is 8.83. The average Bonchev–Trinajstić information content (AvgIpc) is 3.24. The zero-order chi connectivity index (χ0) is 22.4. The third-order valence-corrected chi connectivity index (χ3v) is 6.05. The van der Waals surface area contributed by atoms with Crippen molar-refractivity contribution in [3.05, 3.63) is 48.0 Å². The number of nitrogens with zero attached hydrogens (tertiary/aromatic N) is 2. The van der Waals surface area contributed by atoms with Gasteiger partial charge in [-0.15, -0.1) is 0 Å². The highest BCUT2D eigenvalue weighted by atomic mass is 32.2. The Labute approximate surface area is 183 Å². The van der Waals surface area contributed by atoms with Crippen molar-refractivity contribution >= 4 is 21.7 Å². The van der Waals surface area contributed by atoms with Gasteiger partial charge in [0.2, 0.25) is 10.0 Å². The number of hydrogen-bond donors (Lipinski definition) is 3. The number of methoxy groups -OCH3 is 2. The molecule has 1 aliphatic rings. The van der Waals surface area contributed by atoms with E-state index in [1.54, 1.807) is 33.4 Å². The monoisotopic (exact) mass is 447 g/mol. The van der Waals surface area contributed by atoms with Crippen LogP contribution in [0.1, 0.15) is 12.0 Å². The standard InChI is InChI=1S/C21H29N5O4S/c1-23-21(24-13-15-5-4-6-20(9-15)31(22,27)28)25-16-7-8-26(14-16)17-10-18(29-2)12-19(11-17)30-3/h4-6,9-12,16H,7-8,13-14H2,1-3H3,(H2,22,27,28)(H2,23,24,25). The fourth-order valence-corrected chi connectivity index (χ4v) is 4.08. The molecule has 0 spiro atoms. The van der Waals surface area contributed by atoms with Crippen molar-refractivity contribution < 1.29 is 17.9 Å². The number of anilines is 1. The number of rotatable bonds is 7. The van der Waals surface area contributed by atoms with E-state index in [0.29, 0.717) is 12.5 Å². The van der Waals surface area contributed by atoms with Crippen LogP contribution in [0.5, 0.6) is 11.5 Å². The molecule has 0 saturated carbocycles. The highest BCUT2D eigenvalue weighted by molar-refractivity contribution is 7.89. The van der Waals surface area contributed by atoms with Gasteiger partial charge in [0.25, 0.3) is 0 Å². The largest absolute Gasteiger partial charge is 0.497 e. The van der Waals surface area contributed by atoms with Crippen LogP contribution in [0.3, 0.4) is 0 Å². The Morgan fingerprint density at radius 2 is 1.90 bits per heavy atom. The van der Waals surface area contributed by atoms with E-state index in [2.05, 4.69) is 20.5 Å². The van der Waals surface area contributed by atoms with Gasteiger partial charge in [0.05, 0.1) is 19.1 Å². The fourth-order valence-electron chi connectivity index (χ4n) is 3.49. The molecule has 1 fully saturated rings. The van der Waals surface area contributed by atoms with Gasteiger partial charge in [0.1, 0.15) is 11.5 Å². The van der Waals surface area contributed by atoms with E-state index in [0.717, 1.165) is 42.3 Å². The molecule has 10 heteroatoms. The first-order valence-corrected chi connectivity index (χ1v) is 11.4. The predicted molar refractivity (Wildman–Crippen MR) is 121 cm³/mol. The van der Waals surface area contributed by atoms with Gasteiger partial charge in [-0.25, -0.2) is 13.6 Å². The Hall–Kier alpha value is -2.98. The summed E-state index contributed by atoms with van der Waals surface area (Å²) in [7, 11) is 1.26. The van der Waals surface area contributed by atoms with Crippen molar-refractivity contribution in [1.82, 2.24) is 10.6 Å². The molecule has 168 valence electrons. The van der Waals surface area contributed by atoms with Crippen molar-refractivity contribution in [1.29, 1.82) is 0 Å². The Morgan fingerprint density at radius 1 is 1.19 bits per heavy atom. The minimum atomic E-state index is -3.73. The Morgan fingerprint density at radius 3 is 2.52 bits per heavy atom. The van der Waals surface area contributed by atoms with Crippen LogP contribution < -0.4 is 30.1 Å². The van der Waals surface area contributed by atoms with Crippen LogP contribution in [0.2, 0.25) is 0 Å². The smallest absolute Gasteiger partial charge is 0.238 e. The zero-order valence-electron chi connectivity index (χ0n) is 18.0. The highest BCUT2D eigenvalue weighted by Crippen LogP contribution is 2.30. The Bertz CT molecular complexity index is 1020. The van der Waals surface area contributed by atoms with Crippen molar-refractivity contribution in [3.8, 4) is 11.5 Å². The average molecular weight is 448 g/mol. The fraction of sp³-hybridized carbons (Fsp3) is 0.381. The molecular formula is C21H29N5O4S. The molecule has 1 unspecified atom stereocenters. The summed E-state index contributed by atoms with van der Waals surface area (Å²) >= 11 is 0. The number of guanidine groups is 1. The molecule has 2 aromatic rings. The molecule has 0 aliphatic carbocycles. The summed E-state index contributed by atoms with van der Waals surface area (Å²) in [5.74, 6) is 2.16. The third-order valence-electron chi connectivity index (χ3n) is 5.14. The van der Waals surface area contributed by atoms with Gasteiger partial charge in [-0.2, -0.15) is 0 Å². The second kappa shape index (κ2) is 9.88. The molecule has 0 bridgehead atoms. The second-order valence-electron chi connectivity index (χ2n) is 7.26. The molecule has 9 nitrogen and oxygen atoms in total. The van der Waals surface area contributed by atoms with Crippen LogP contribution in [0.25, 0.3) is 0 Å². The molecule has 3 rings (SSSR count). The van der Waals surface area contributed by atoms with Crippen LogP contribution in [0.4, 0.5) is 5.69 Å². The van der Waals surface area contributed by atoms with E-state index in [1.165, 1.54) is 6.07 Å². The number of sulfonamides is 1. The quantitative estimate of drug-likeness (QED) is 0.432. The highest BCUT2D eigenvalue weighted by Gasteiger charge is 2.24. The Kier molecular flexibility index (Phi) is 7.24. The number of ether oxygens (including phenoxy) is 2. The van der Waals surface area contributed by atoms with Crippen LogP contribution >= 0.6 is 0 Å². The van der Waals surface area contributed by atoms with Gasteiger partial charge in [-0.1, -0.05) is 12.1 Å². The van der Waals surface area contributed by atoms with Crippen LogP contribution in [-0.2, 0) is 16.6 Å². The number of aliphatic imine (C=N–C) groups is 1. The topological polar surface area (TPSA) is 118 Å². The number of nitrogens with two attached hydrogens (primary N) is 1. The number of primary sulfonamides is 1. The lowest BCUT2D eigenvalue weighted by Gasteiger charge is -2.21. The normalized spacial score (nSPS) is 16.8. The third kappa shape index (κ3) is 6.02. The van der Waals surface area contributed by atoms with Gasteiger partial charge in [-0.05, 0) is 24.1 Å². The molecular weight excluding hydrogens is 418 g/mol. The summed E-state index contributed by atoms with van der Waals surface area (Å²) in [5.41, 5.74) is 1.84. The maximum Gasteiger partial charge on any atom is 0.238 e. The van der Waals surface area contributed by atoms with Gasteiger partial charge in [-0.3, -0.25) is 4.99 Å². The van der Waals surface area contributed by atoms with E-state index in [-0.39, 0.29) is 10.9 Å². The summed E-state index contributed by atoms with van der Waals surface area (Å²) in [6.07, 6.45) is 0.946. The molecule has 0 aromatic heterocycles. The summed E-state index contributed by atoms with van der Waals surface area (Å²) in [6, 6.07) is 12.6. The SMILES string of the molecule is CN=C(NCc1cccc(S(N)(=O)=O)c1)NC1CCN(c2cc(OC)cc(OC)c2)C1. The predicted octanol–water partition coefficient (Wildman–Crippen LogP) is 1.30. The summed E-state index contributed by atoms with van der Waals surface area (Å²) < 4.78 is 33.8. The summed E-state index contributed by atoms with van der Waals surface area (Å²) in [4.78, 5) is 6.65.